The van der Waals surface area contributed by atoms with Gasteiger partial charge in [-0.15, -0.1) is 0 Å². The van der Waals surface area contributed by atoms with Crippen molar-refractivity contribution >= 4 is 11.9 Å². The number of methoxy groups -OCH3 is 1. The van der Waals surface area contributed by atoms with Crippen LogP contribution in [0.3, 0.4) is 0 Å². The van der Waals surface area contributed by atoms with E-state index < -0.39 is 18.1 Å². The van der Waals surface area contributed by atoms with Crippen LogP contribution in [0.25, 0.3) is 0 Å². The number of nitrogens with one attached hydrogen (secondary N) is 1. The van der Waals surface area contributed by atoms with Crippen molar-refractivity contribution in [3.63, 3.8) is 0 Å². The van der Waals surface area contributed by atoms with Crippen molar-refractivity contribution < 1.29 is 49.0 Å². The third-order valence-corrected chi connectivity index (χ3v) is 4.90. The van der Waals surface area contributed by atoms with Crippen LogP contribution < -0.4 is 44.7 Å². The van der Waals surface area contributed by atoms with Gasteiger partial charge in [0.2, 0.25) is 11.8 Å². The first-order valence-corrected chi connectivity index (χ1v) is 8.26. The van der Waals surface area contributed by atoms with E-state index in [4.69, 9.17) is 4.74 Å². The Balaban J connectivity index is 0.00000225. The number of nitrogens with zero attached hydrogens (tertiary/aromatic N) is 3. The van der Waals surface area contributed by atoms with Crippen molar-refractivity contribution in [3.05, 3.63) is 11.3 Å². The van der Waals surface area contributed by atoms with Gasteiger partial charge in [-0.1, -0.05) is 0 Å². The number of aliphatic carboxylic acids is 1. The molecule has 2 atom stereocenters. The maximum absolute atomic E-state index is 12.6. The molecule has 0 aromatic carbocycles. The van der Waals surface area contributed by atoms with Crippen LogP contribution in [0.1, 0.15) is 36.9 Å². The number of carboxylic acids is 1. The predicted octanol–water partition coefficient (Wildman–Crippen LogP) is -3.90. The first-order valence-electron chi connectivity index (χ1n) is 8.26. The number of ether oxygens (including phenoxy) is 1. The fourth-order valence-electron chi connectivity index (χ4n) is 3.65. The summed E-state index contributed by atoms with van der Waals surface area (Å²) in [6, 6.07) is -0.855. The maximum Gasteiger partial charge on any atom is 1.00 e. The van der Waals surface area contributed by atoms with Crippen LogP contribution in [-0.2, 0) is 23.2 Å². The molecular formula is C16H23N4NaO4. The Bertz CT molecular complexity index is 659. The van der Waals surface area contributed by atoms with Crippen molar-refractivity contribution in [1.29, 1.82) is 0 Å². The summed E-state index contributed by atoms with van der Waals surface area (Å²) in [5, 5.41) is 18.5. The summed E-state index contributed by atoms with van der Waals surface area (Å²) < 4.78 is 6.96. The number of carbonyl (C=O) groups is 2. The summed E-state index contributed by atoms with van der Waals surface area (Å²) in [5.74, 6) is -0.608. The summed E-state index contributed by atoms with van der Waals surface area (Å²) in [4.78, 5) is 25.8. The standard InChI is InChI=1S/C16H24N4O4.Na/c1-9-11(15(24-3)19(2)18-9)8-17-14(21)12-6-7-13(16(22)23)20(12)10-4-5-10;/h10,12-13H,4-8H2,1-3H3,(H,17,21)(H,22,23);/q;+1/p-1. The average Bonchev–Trinajstić information content (AvgIpc) is 3.20. The Hall–Kier alpha value is -1.09. The van der Waals surface area contributed by atoms with Crippen LogP contribution in [0.4, 0.5) is 0 Å². The minimum Gasteiger partial charge on any atom is -0.548 e. The average molecular weight is 358 g/mol. The number of likely N-dealkylation sites (tertiary alicyclic amines) is 1. The maximum atomic E-state index is 12.6. The van der Waals surface area contributed by atoms with Crippen molar-refractivity contribution in [2.45, 2.75) is 57.3 Å². The van der Waals surface area contributed by atoms with E-state index in [0.29, 0.717) is 25.3 Å². The second kappa shape index (κ2) is 8.07. The first kappa shape index (κ1) is 20.2. The second-order valence-corrected chi connectivity index (χ2v) is 6.52. The zero-order chi connectivity index (χ0) is 17.4. The molecule has 0 radical (unpaired) electrons. The number of hydrogen-bond acceptors (Lipinski definition) is 6. The molecule has 9 heteroatoms. The van der Waals surface area contributed by atoms with Gasteiger partial charge in [-0.2, -0.15) is 5.10 Å². The van der Waals surface area contributed by atoms with E-state index in [1.54, 1.807) is 18.8 Å². The summed E-state index contributed by atoms with van der Waals surface area (Å²) in [6.45, 7) is 2.18. The number of carboxylic acid groups (broad SMARTS) is 1. The van der Waals surface area contributed by atoms with Gasteiger partial charge < -0.3 is 20.0 Å². The smallest absolute Gasteiger partial charge is 0.548 e. The third kappa shape index (κ3) is 4.02. The number of aryl methyl sites for hydroxylation is 2. The fourth-order valence-corrected chi connectivity index (χ4v) is 3.65. The summed E-state index contributed by atoms with van der Waals surface area (Å²) in [7, 11) is 3.35. The molecule has 2 fully saturated rings. The molecule has 0 spiro atoms. The molecule has 1 N–H and O–H groups in total. The molecule has 1 aliphatic heterocycles. The molecule has 2 unspecified atom stereocenters. The Morgan fingerprint density at radius 3 is 2.48 bits per heavy atom. The van der Waals surface area contributed by atoms with Crippen molar-refractivity contribution in [1.82, 2.24) is 20.0 Å². The molecule has 2 heterocycles. The van der Waals surface area contributed by atoms with Gasteiger partial charge >= 0.3 is 29.6 Å². The number of carbonyl (C=O) groups excluding carboxylic acids is 2. The Kier molecular flexibility index (Phi) is 6.53. The molecule has 1 saturated heterocycles. The molecule has 1 saturated carbocycles. The number of amides is 1. The molecule has 8 nitrogen and oxygen atoms in total. The minimum atomic E-state index is -1.08. The topological polar surface area (TPSA) is 99.5 Å². The molecular weight excluding hydrogens is 335 g/mol. The van der Waals surface area contributed by atoms with Gasteiger partial charge in [-0.3, -0.25) is 9.69 Å². The molecule has 2 aliphatic rings. The Morgan fingerprint density at radius 2 is 1.92 bits per heavy atom. The largest absolute Gasteiger partial charge is 1.00 e. The van der Waals surface area contributed by atoms with Gasteiger partial charge in [0.1, 0.15) is 0 Å². The van der Waals surface area contributed by atoms with Gasteiger partial charge in [0, 0.05) is 13.1 Å². The molecule has 25 heavy (non-hydrogen) atoms. The van der Waals surface area contributed by atoms with Crippen LogP contribution in [0.5, 0.6) is 5.88 Å². The third-order valence-electron chi connectivity index (χ3n) is 4.90. The first-order chi connectivity index (χ1) is 11.4. The van der Waals surface area contributed by atoms with E-state index in [-0.39, 0.29) is 41.5 Å². The van der Waals surface area contributed by atoms with Crippen LogP contribution in [0.15, 0.2) is 0 Å². The van der Waals surface area contributed by atoms with E-state index in [1.165, 1.54) is 0 Å². The van der Waals surface area contributed by atoms with E-state index in [9.17, 15) is 14.7 Å². The normalized spacial score (nSPS) is 23.2. The zero-order valence-corrected chi connectivity index (χ0v) is 17.2. The van der Waals surface area contributed by atoms with Crippen LogP contribution in [0, 0.1) is 6.92 Å². The van der Waals surface area contributed by atoms with Crippen LogP contribution >= 0.6 is 0 Å². The van der Waals surface area contributed by atoms with Gasteiger partial charge in [0.15, 0.2) is 0 Å². The van der Waals surface area contributed by atoms with Gasteiger partial charge in [-0.25, -0.2) is 4.68 Å². The van der Waals surface area contributed by atoms with Crippen molar-refractivity contribution in [2.24, 2.45) is 7.05 Å². The van der Waals surface area contributed by atoms with Crippen molar-refractivity contribution in [2.75, 3.05) is 7.11 Å². The monoisotopic (exact) mass is 358 g/mol. The minimum absolute atomic E-state index is 0. The van der Waals surface area contributed by atoms with E-state index in [0.717, 1.165) is 24.1 Å². The number of aromatic nitrogens is 2. The summed E-state index contributed by atoms with van der Waals surface area (Å²) in [5.41, 5.74) is 1.63. The van der Waals surface area contributed by atoms with Gasteiger partial charge in [0.25, 0.3) is 0 Å². The quantitative estimate of drug-likeness (QED) is 0.522. The molecule has 132 valence electrons. The Labute approximate surface area is 169 Å². The molecule has 1 aromatic rings. The number of hydrogen-bond donors (Lipinski definition) is 1. The van der Waals surface area contributed by atoms with E-state index in [1.807, 2.05) is 11.8 Å². The fraction of sp³-hybridized carbons (Fsp3) is 0.688. The predicted molar refractivity (Wildman–Crippen MR) is 83.0 cm³/mol. The number of rotatable bonds is 6. The van der Waals surface area contributed by atoms with Gasteiger partial charge in [-0.05, 0) is 32.6 Å². The molecule has 1 amide bonds. The molecule has 1 aliphatic carbocycles. The van der Waals surface area contributed by atoms with Gasteiger partial charge in [0.05, 0.1) is 43.0 Å². The second-order valence-electron chi connectivity index (χ2n) is 6.52. The van der Waals surface area contributed by atoms with Crippen LogP contribution in [-0.4, -0.2) is 51.8 Å². The SMILES string of the molecule is COc1c(CNC(=O)C2CCC(C(=O)[O-])N2C2CC2)c(C)nn1C.[Na+]. The van der Waals surface area contributed by atoms with E-state index >= 15 is 0 Å². The molecule has 0 bridgehead atoms. The summed E-state index contributed by atoms with van der Waals surface area (Å²) in [6.07, 6.45) is 2.91. The molecule has 3 rings (SSSR count). The van der Waals surface area contributed by atoms with Crippen molar-refractivity contribution in [3.8, 4) is 5.88 Å². The Morgan fingerprint density at radius 1 is 1.28 bits per heavy atom. The zero-order valence-electron chi connectivity index (χ0n) is 15.2. The summed E-state index contributed by atoms with van der Waals surface area (Å²) >= 11 is 0. The van der Waals surface area contributed by atoms with Crippen LogP contribution in [0.2, 0.25) is 0 Å². The van der Waals surface area contributed by atoms with E-state index in [2.05, 4.69) is 10.4 Å². The molecule has 1 aromatic heterocycles.